The number of nitrogens with one attached hydrogen (secondary N) is 1. The zero-order chi connectivity index (χ0) is 15.7. The number of imidazole rings is 1. The summed E-state index contributed by atoms with van der Waals surface area (Å²) in [7, 11) is 0. The first-order valence-corrected chi connectivity index (χ1v) is 6.77. The van der Waals surface area contributed by atoms with Gasteiger partial charge in [0.1, 0.15) is 11.5 Å². The average molecular weight is 298 g/mol. The molecule has 2 aromatic rings. The van der Waals surface area contributed by atoms with Crippen molar-refractivity contribution < 1.29 is 4.39 Å². The Morgan fingerprint density at radius 2 is 2.23 bits per heavy atom. The van der Waals surface area contributed by atoms with Gasteiger partial charge in [-0.15, -0.1) is 0 Å². The van der Waals surface area contributed by atoms with Crippen molar-refractivity contribution in [2.45, 2.75) is 20.3 Å². The second-order valence-corrected chi connectivity index (χ2v) is 5.04. The Balaban J connectivity index is 1.99. The van der Waals surface area contributed by atoms with E-state index in [0.29, 0.717) is 12.1 Å². The van der Waals surface area contributed by atoms with Gasteiger partial charge >= 0.3 is 0 Å². The Morgan fingerprint density at radius 1 is 1.41 bits per heavy atom. The smallest absolute Gasteiger partial charge is 0.156 e. The van der Waals surface area contributed by atoms with Gasteiger partial charge < -0.3 is 0 Å². The number of hydrogen-bond donors (Lipinski definition) is 1. The molecule has 0 spiro atoms. The number of aryl methyl sites for hydroxylation is 2. The van der Waals surface area contributed by atoms with E-state index in [9.17, 15) is 4.39 Å². The molecule has 1 aliphatic rings. The summed E-state index contributed by atoms with van der Waals surface area (Å²) in [5.74, 6) is -0.407. The molecule has 0 saturated heterocycles. The lowest BCUT2D eigenvalue weighted by Gasteiger charge is -2.11. The Kier molecular flexibility index (Phi) is 3.54. The summed E-state index contributed by atoms with van der Waals surface area (Å²) in [4.78, 5) is 4.41. The normalized spacial score (nSPS) is 16.6. The zero-order valence-electron chi connectivity index (χ0n) is 12.3. The van der Waals surface area contributed by atoms with Gasteiger partial charge in [-0.25, -0.2) is 13.9 Å². The summed E-state index contributed by atoms with van der Waals surface area (Å²) in [6, 6.07) is 1.91. The van der Waals surface area contributed by atoms with Crippen molar-refractivity contribution in [1.82, 2.24) is 20.1 Å². The van der Waals surface area contributed by atoms with Crippen molar-refractivity contribution in [1.29, 1.82) is 0 Å². The van der Waals surface area contributed by atoms with Crippen molar-refractivity contribution >= 4 is 23.6 Å². The topological polar surface area (TPSA) is 66.9 Å². The Labute approximate surface area is 126 Å². The number of nitrogens with zero attached hydrogens (tertiary/aromatic N) is 5. The number of hydrogen-bond acceptors (Lipinski definition) is 5. The van der Waals surface area contributed by atoms with Gasteiger partial charge in [-0.2, -0.15) is 20.8 Å². The first-order chi connectivity index (χ1) is 10.6. The third-order valence-corrected chi connectivity index (χ3v) is 3.35. The van der Waals surface area contributed by atoms with Gasteiger partial charge in [0.2, 0.25) is 0 Å². The fourth-order valence-electron chi connectivity index (χ4n) is 2.34. The second kappa shape index (κ2) is 5.51. The number of hydrazone groups is 2. The standard InChI is InChI=1S/C15H15FN6/c1-9-6-14(20-22-8-10(2)18-15(9)22)11-4-5-13(12(16)7-11)19-21-17-3/h4,6-8,21H,3,5H2,1-2H3/b19-13+. The molecule has 0 bridgehead atoms. The van der Waals surface area contributed by atoms with Crippen LogP contribution in [0.2, 0.25) is 0 Å². The zero-order valence-corrected chi connectivity index (χ0v) is 12.3. The van der Waals surface area contributed by atoms with Crippen LogP contribution in [0.4, 0.5) is 4.39 Å². The third-order valence-electron chi connectivity index (χ3n) is 3.35. The van der Waals surface area contributed by atoms with E-state index in [1.54, 1.807) is 4.52 Å². The molecule has 0 fully saturated rings. The van der Waals surface area contributed by atoms with Crippen molar-refractivity contribution in [2.24, 2.45) is 10.2 Å². The van der Waals surface area contributed by atoms with Gasteiger partial charge in [0, 0.05) is 18.7 Å². The first kappa shape index (κ1) is 14.1. The van der Waals surface area contributed by atoms with E-state index < -0.39 is 5.83 Å². The van der Waals surface area contributed by atoms with Crippen molar-refractivity contribution in [2.75, 3.05) is 0 Å². The van der Waals surface area contributed by atoms with Crippen LogP contribution in [0.25, 0.3) is 11.2 Å². The predicted molar refractivity (Wildman–Crippen MR) is 84.4 cm³/mol. The lowest BCUT2D eigenvalue weighted by Crippen LogP contribution is -2.09. The summed E-state index contributed by atoms with van der Waals surface area (Å²) in [6.07, 6.45) is 5.51. The summed E-state index contributed by atoms with van der Waals surface area (Å²) < 4.78 is 15.8. The van der Waals surface area contributed by atoms with Crippen LogP contribution in [0.1, 0.15) is 23.4 Å². The lowest BCUT2D eigenvalue weighted by atomic mass is 10.0. The first-order valence-electron chi connectivity index (χ1n) is 6.77. The molecule has 1 aliphatic carbocycles. The molecule has 7 heteroatoms. The molecule has 22 heavy (non-hydrogen) atoms. The highest BCUT2D eigenvalue weighted by atomic mass is 19.1. The Hall–Kier alpha value is -2.83. The van der Waals surface area contributed by atoms with E-state index in [1.165, 1.54) is 6.08 Å². The summed E-state index contributed by atoms with van der Waals surface area (Å²) in [5, 5.41) is 11.7. The molecule has 0 aliphatic heterocycles. The van der Waals surface area contributed by atoms with Gasteiger partial charge in [0.25, 0.3) is 0 Å². The van der Waals surface area contributed by atoms with Crippen LogP contribution in [-0.4, -0.2) is 27.0 Å². The van der Waals surface area contributed by atoms with Gasteiger partial charge in [0.15, 0.2) is 5.65 Å². The van der Waals surface area contributed by atoms with Crippen LogP contribution in [0, 0.1) is 13.8 Å². The molecule has 3 rings (SSSR count). The predicted octanol–water partition coefficient (Wildman–Crippen LogP) is 2.55. The molecule has 6 nitrogen and oxygen atoms in total. The minimum Gasteiger partial charge on any atom is -0.232 e. The van der Waals surface area contributed by atoms with Gasteiger partial charge in [0.05, 0.1) is 17.6 Å². The van der Waals surface area contributed by atoms with E-state index in [4.69, 9.17) is 0 Å². The van der Waals surface area contributed by atoms with Crippen LogP contribution in [0.5, 0.6) is 0 Å². The quantitative estimate of drug-likeness (QED) is 0.699. The maximum atomic E-state index is 14.1. The Bertz CT molecular complexity index is 843. The minimum absolute atomic E-state index is 0.285. The van der Waals surface area contributed by atoms with Crippen LogP contribution >= 0.6 is 0 Å². The fourth-order valence-corrected chi connectivity index (χ4v) is 2.34. The van der Waals surface area contributed by atoms with Crippen molar-refractivity contribution in [3.05, 3.63) is 47.2 Å². The van der Waals surface area contributed by atoms with E-state index in [2.05, 4.69) is 32.5 Å². The maximum Gasteiger partial charge on any atom is 0.156 e. The minimum atomic E-state index is -0.407. The van der Waals surface area contributed by atoms with E-state index in [-0.39, 0.29) is 5.71 Å². The summed E-state index contributed by atoms with van der Waals surface area (Å²) >= 11 is 0. The molecule has 0 radical (unpaired) electrons. The fraction of sp³-hybridized carbons (Fsp3) is 0.200. The summed E-state index contributed by atoms with van der Waals surface area (Å²) in [6.45, 7) is 7.10. The van der Waals surface area contributed by atoms with Crippen LogP contribution < -0.4 is 5.53 Å². The van der Waals surface area contributed by atoms with Gasteiger partial charge in [-0.3, -0.25) is 0 Å². The van der Waals surface area contributed by atoms with Gasteiger partial charge in [-0.1, -0.05) is 6.08 Å². The number of allylic oxidation sites excluding steroid dienone is 4. The highest BCUT2D eigenvalue weighted by molar-refractivity contribution is 6.04. The Morgan fingerprint density at radius 3 is 2.95 bits per heavy atom. The average Bonchev–Trinajstić information content (AvgIpc) is 2.87. The molecule has 0 unspecified atom stereocenters. The molecule has 1 N–H and O–H groups in total. The molecular weight excluding hydrogens is 283 g/mol. The molecular formula is C15H15FN6. The van der Waals surface area contributed by atoms with Crippen LogP contribution in [-0.2, 0) is 0 Å². The highest BCUT2D eigenvalue weighted by Gasteiger charge is 2.16. The largest absolute Gasteiger partial charge is 0.232 e. The number of halogens is 1. The molecule has 0 saturated carbocycles. The van der Waals surface area contributed by atoms with Crippen LogP contribution in [0.15, 0.2) is 40.4 Å². The van der Waals surface area contributed by atoms with Crippen molar-refractivity contribution in [3.63, 3.8) is 0 Å². The van der Waals surface area contributed by atoms with Gasteiger partial charge in [-0.05, 0) is 31.6 Å². The molecule has 2 heterocycles. The molecule has 0 aromatic carbocycles. The molecule has 112 valence electrons. The van der Waals surface area contributed by atoms with E-state index in [1.807, 2.05) is 32.2 Å². The van der Waals surface area contributed by atoms with E-state index in [0.717, 1.165) is 22.5 Å². The second-order valence-electron chi connectivity index (χ2n) is 5.04. The monoisotopic (exact) mass is 298 g/mol. The number of fused-ring (bicyclic) bond motifs is 1. The van der Waals surface area contributed by atoms with Crippen molar-refractivity contribution in [3.8, 4) is 0 Å². The highest BCUT2D eigenvalue weighted by Crippen LogP contribution is 2.25. The van der Waals surface area contributed by atoms with E-state index >= 15 is 0 Å². The molecule has 2 aromatic heterocycles. The SMILES string of the molecule is C=NN/N=C1\CC=C(c2cc(C)c3nc(C)cn3n2)C=C1F. The third kappa shape index (κ3) is 2.52. The van der Waals surface area contributed by atoms with Crippen LogP contribution in [0.3, 0.4) is 0 Å². The molecule has 0 atom stereocenters. The summed E-state index contributed by atoms with van der Waals surface area (Å²) in [5.41, 5.74) is 6.70. The maximum absolute atomic E-state index is 14.1. The number of rotatable bonds is 3. The lowest BCUT2D eigenvalue weighted by molar-refractivity contribution is 0.670. The molecule has 0 amide bonds. The number of aromatic nitrogens is 3.